The number of aliphatic hydroxyl groups excluding tert-OH is 1. The highest BCUT2D eigenvalue weighted by Gasteiger charge is 2.44. The molecule has 14 heteroatoms. The van der Waals surface area contributed by atoms with Gasteiger partial charge in [-0.1, -0.05) is 42.5 Å². The van der Waals surface area contributed by atoms with Gasteiger partial charge in [0.15, 0.2) is 0 Å². The number of rotatable bonds is 16. The molecule has 48 heavy (non-hydrogen) atoms. The summed E-state index contributed by atoms with van der Waals surface area (Å²) in [4.78, 5) is 0.361. The summed E-state index contributed by atoms with van der Waals surface area (Å²) in [5, 5.41) is 17.2. The largest absolute Gasteiger partial charge is 0.491 e. The summed E-state index contributed by atoms with van der Waals surface area (Å²) in [7, 11) is -4.27. The molecule has 4 N–H and O–H groups in total. The molecular weight excluding hydrogens is 657 g/mol. The van der Waals surface area contributed by atoms with Crippen molar-refractivity contribution in [1.82, 2.24) is 19.7 Å². The zero-order valence-corrected chi connectivity index (χ0v) is 29.1. The van der Waals surface area contributed by atoms with Gasteiger partial charge < -0.3 is 30.0 Å². The zero-order chi connectivity index (χ0) is 34.2. The van der Waals surface area contributed by atoms with Crippen molar-refractivity contribution in [2.24, 2.45) is 0 Å². The van der Waals surface area contributed by atoms with Gasteiger partial charge in [-0.05, 0) is 67.3 Å². The second-order valence-corrected chi connectivity index (χ2v) is 16.1. The van der Waals surface area contributed by atoms with Crippen LogP contribution in [0.2, 0.25) is 0 Å². The van der Waals surface area contributed by atoms with Crippen LogP contribution in [-0.2, 0) is 36.1 Å². The number of aliphatic hydroxyl groups is 1. The van der Waals surface area contributed by atoms with Gasteiger partial charge in [-0.15, -0.1) is 0 Å². The molecule has 2 aliphatic heterocycles. The normalized spacial score (nSPS) is 19.0. The first-order chi connectivity index (χ1) is 23.0. The van der Waals surface area contributed by atoms with Crippen LogP contribution < -0.4 is 20.1 Å². The average molecular weight is 703 g/mol. The van der Waals surface area contributed by atoms with Crippen LogP contribution in [0.3, 0.4) is 0 Å². The molecule has 0 bridgehead atoms. The molecule has 2 atom stereocenters. The lowest BCUT2D eigenvalue weighted by atomic mass is 9.88. The first-order valence-electron chi connectivity index (χ1n) is 16.1. The van der Waals surface area contributed by atoms with E-state index in [4.69, 9.17) is 14.2 Å². The van der Waals surface area contributed by atoms with Crippen LogP contribution in [0.5, 0.6) is 5.75 Å². The minimum atomic E-state index is -3.68. The number of nitrogens with one attached hydrogen (secondary N) is 3. The Morgan fingerprint density at radius 3 is 2.44 bits per heavy atom. The first-order valence-corrected chi connectivity index (χ1v) is 19.1. The van der Waals surface area contributed by atoms with Crippen LogP contribution in [-0.4, -0.2) is 104 Å². The van der Waals surface area contributed by atoms with Gasteiger partial charge in [0.05, 0.1) is 28.6 Å². The fraction of sp³-hybridized carbons (Fsp3) is 0.471. The predicted molar refractivity (Wildman–Crippen MR) is 183 cm³/mol. The molecule has 2 fully saturated rings. The molecule has 2 aliphatic rings. The SMILES string of the molecule is CNS(=O)(=O)c1cccc(OC[C@@H](O)CNC2COC3(CCN(S(=O)(=O)c4cccc(-c5ccc(CNCCOC)cc5)c4)CC3)C2)c1. The fourth-order valence-corrected chi connectivity index (χ4v) is 8.32. The third-order valence-corrected chi connectivity index (χ3v) is 12.2. The topological polar surface area (TPSA) is 156 Å². The van der Waals surface area contributed by atoms with Crippen molar-refractivity contribution in [2.45, 2.75) is 53.3 Å². The molecular formula is C34H46N4O8S2. The number of nitrogens with zero attached hydrogens (tertiary/aromatic N) is 1. The second-order valence-electron chi connectivity index (χ2n) is 12.2. The molecule has 1 spiro atoms. The van der Waals surface area contributed by atoms with Gasteiger partial charge in [0.2, 0.25) is 20.0 Å². The summed E-state index contributed by atoms with van der Waals surface area (Å²) in [5.41, 5.74) is 2.53. The molecule has 0 amide bonds. The quantitative estimate of drug-likeness (QED) is 0.164. The molecule has 0 radical (unpaired) electrons. The van der Waals surface area contributed by atoms with E-state index in [1.165, 1.54) is 19.2 Å². The van der Waals surface area contributed by atoms with Gasteiger partial charge in [-0.25, -0.2) is 21.6 Å². The van der Waals surface area contributed by atoms with Gasteiger partial charge in [-0.2, -0.15) is 4.31 Å². The summed E-state index contributed by atoms with van der Waals surface area (Å²) in [6.45, 7) is 3.60. The van der Waals surface area contributed by atoms with Gasteiger partial charge in [-0.3, -0.25) is 0 Å². The maximum atomic E-state index is 13.7. The van der Waals surface area contributed by atoms with E-state index in [0.29, 0.717) is 51.3 Å². The Morgan fingerprint density at radius 1 is 0.979 bits per heavy atom. The van der Waals surface area contributed by atoms with Crippen molar-refractivity contribution in [3.8, 4) is 16.9 Å². The Morgan fingerprint density at radius 2 is 1.71 bits per heavy atom. The number of piperidine rings is 1. The van der Waals surface area contributed by atoms with Crippen LogP contribution in [0.25, 0.3) is 11.1 Å². The molecule has 0 aromatic heterocycles. The van der Waals surface area contributed by atoms with Crippen LogP contribution in [0.15, 0.2) is 82.6 Å². The van der Waals surface area contributed by atoms with Gasteiger partial charge >= 0.3 is 0 Å². The van der Waals surface area contributed by atoms with Crippen molar-refractivity contribution in [2.75, 3.05) is 60.2 Å². The van der Waals surface area contributed by atoms with Crippen LogP contribution >= 0.6 is 0 Å². The number of sulfonamides is 2. The number of methoxy groups -OCH3 is 1. The lowest BCUT2D eigenvalue weighted by Gasteiger charge is -2.38. The maximum absolute atomic E-state index is 13.7. The fourth-order valence-electron chi connectivity index (χ4n) is 6.07. The molecule has 3 aromatic carbocycles. The Labute approximate surface area is 283 Å². The molecule has 1 unspecified atom stereocenters. The second kappa shape index (κ2) is 16.2. The van der Waals surface area contributed by atoms with Crippen LogP contribution in [0.1, 0.15) is 24.8 Å². The van der Waals surface area contributed by atoms with E-state index < -0.39 is 31.8 Å². The van der Waals surface area contributed by atoms with E-state index in [1.807, 2.05) is 30.3 Å². The maximum Gasteiger partial charge on any atom is 0.243 e. The number of hydrogen-bond donors (Lipinski definition) is 4. The number of benzene rings is 3. The Kier molecular flexibility index (Phi) is 12.3. The highest BCUT2D eigenvalue weighted by Crippen LogP contribution is 2.37. The van der Waals surface area contributed by atoms with Crippen molar-refractivity contribution < 1.29 is 36.2 Å². The standard InChI is InChI=1S/C34H46N4O8S2/c1-35-47(40,41)32-7-4-6-31(20-32)45-25-30(39)23-37-29-21-34(46-24-29)13-16-38(17-14-34)48(42,43)33-8-3-5-28(19-33)27-11-9-26(10-12-27)22-36-15-18-44-2/h3-12,19-20,29-30,35-37,39H,13-18,21-25H2,1-2H3/t29?,30-/m0/s1. The Balaban J connectivity index is 1.09. The van der Waals surface area contributed by atoms with Crippen molar-refractivity contribution in [1.29, 1.82) is 0 Å². The average Bonchev–Trinajstić information content (AvgIpc) is 3.50. The molecule has 3 aromatic rings. The number of hydrogen-bond acceptors (Lipinski definition) is 10. The molecule has 262 valence electrons. The number of ether oxygens (including phenoxy) is 3. The molecule has 0 saturated carbocycles. The van der Waals surface area contributed by atoms with Gasteiger partial charge in [0.1, 0.15) is 18.5 Å². The smallest absolute Gasteiger partial charge is 0.243 e. The van der Waals surface area contributed by atoms with Crippen LogP contribution in [0.4, 0.5) is 0 Å². The molecule has 2 heterocycles. The predicted octanol–water partition coefficient (Wildman–Crippen LogP) is 2.34. The summed E-state index contributed by atoms with van der Waals surface area (Å²) in [6.07, 6.45) is 1.06. The highest BCUT2D eigenvalue weighted by atomic mass is 32.2. The summed E-state index contributed by atoms with van der Waals surface area (Å²) in [5.74, 6) is 0.346. The van der Waals surface area contributed by atoms with Crippen molar-refractivity contribution in [3.05, 3.63) is 78.4 Å². The van der Waals surface area contributed by atoms with E-state index in [2.05, 4.69) is 15.4 Å². The van der Waals surface area contributed by atoms with E-state index in [9.17, 15) is 21.9 Å². The van der Waals surface area contributed by atoms with E-state index >= 15 is 0 Å². The molecule has 12 nitrogen and oxygen atoms in total. The summed E-state index contributed by atoms with van der Waals surface area (Å²) >= 11 is 0. The van der Waals surface area contributed by atoms with Gasteiger partial charge in [0.25, 0.3) is 0 Å². The molecule has 2 saturated heterocycles. The van der Waals surface area contributed by atoms with E-state index in [1.54, 1.807) is 41.7 Å². The molecule has 5 rings (SSSR count). The van der Waals surface area contributed by atoms with Gasteiger partial charge in [0, 0.05) is 51.9 Å². The zero-order valence-electron chi connectivity index (χ0n) is 27.4. The Hall–Kier alpha value is -2.92. The molecule has 0 aliphatic carbocycles. The highest BCUT2D eigenvalue weighted by molar-refractivity contribution is 7.89. The Bertz CT molecular complexity index is 1710. The minimum absolute atomic E-state index is 0.0103. The third-order valence-electron chi connectivity index (χ3n) is 8.88. The monoisotopic (exact) mass is 702 g/mol. The minimum Gasteiger partial charge on any atom is -0.491 e. The van der Waals surface area contributed by atoms with E-state index in [0.717, 1.165) is 29.8 Å². The third kappa shape index (κ3) is 9.20. The summed E-state index contributed by atoms with van der Waals surface area (Å²) in [6, 6.07) is 21.3. The lowest BCUT2D eigenvalue weighted by Crippen LogP contribution is -2.47. The lowest BCUT2D eigenvalue weighted by molar-refractivity contribution is -0.0312. The van der Waals surface area contributed by atoms with Crippen LogP contribution in [0, 0.1) is 0 Å². The first kappa shape index (κ1) is 36.4. The van der Waals surface area contributed by atoms with E-state index in [-0.39, 0.29) is 29.0 Å². The van der Waals surface area contributed by atoms with Crippen molar-refractivity contribution >= 4 is 20.0 Å². The summed E-state index contributed by atoms with van der Waals surface area (Å²) < 4.78 is 72.1. The van der Waals surface area contributed by atoms with Crippen molar-refractivity contribution in [3.63, 3.8) is 0 Å².